The first kappa shape index (κ1) is 12.9. The van der Waals surface area contributed by atoms with E-state index in [9.17, 15) is 9.18 Å². The van der Waals surface area contributed by atoms with E-state index in [0.717, 1.165) is 6.07 Å². The highest BCUT2D eigenvalue weighted by molar-refractivity contribution is 6.36. The number of carboxylic acids is 1. The zero-order valence-corrected chi connectivity index (χ0v) is 10.5. The van der Waals surface area contributed by atoms with Gasteiger partial charge in [0.15, 0.2) is 0 Å². The molecule has 0 aromatic heterocycles. The predicted molar refractivity (Wildman–Crippen MR) is 68.8 cm³/mol. The van der Waals surface area contributed by atoms with Gasteiger partial charge in [-0.15, -0.1) is 0 Å². The summed E-state index contributed by atoms with van der Waals surface area (Å²) in [7, 11) is 0. The van der Waals surface area contributed by atoms with Crippen LogP contribution >= 0.6 is 23.2 Å². The summed E-state index contributed by atoms with van der Waals surface area (Å²) < 4.78 is 13.0. The van der Waals surface area contributed by atoms with Gasteiger partial charge >= 0.3 is 5.97 Å². The Kier molecular flexibility index (Phi) is 3.55. The maximum absolute atomic E-state index is 13.0. The molecular formula is C13H7Cl2FO2. The summed E-state index contributed by atoms with van der Waals surface area (Å²) in [4.78, 5) is 10.9. The highest BCUT2D eigenvalue weighted by Crippen LogP contribution is 2.34. The molecule has 0 fully saturated rings. The van der Waals surface area contributed by atoms with E-state index in [1.807, 2.05) is 0 Å². The van der Waals surface area contributed by atoms with Crippen molar-refractivity contribution in [1.29, 1.82) is 0 Å². The Hall–Kier alpha value is -1.58. The molecule has 5 heteroatoms. The highest BCUT2D eigenvalue weighted by Gasteiger charge is 2.12. The second kappa shape index (κ2) is 4.96. The topological polar surface area (TPSA) is 37.3 Å². The molecule has 0 saturated heterocycles. The zero-order valence-electron chi connectivity index (χ0n) is 8.95. The summed E-state index contributed by atoms with van der Waals surface area (Å²) in [5.74, 6) is -1.53. The van der Waals surface area contributed by atoms with Crippen molar-refractivity contribution in [1.82, 2.24) is 0 Å². The SMILES string of the molecule is O=C(O)c1ccc(Cl)c(-c2ccc(F)cc2Cl)c1. The average molecular weight is 285 g/mol. The van der Waals surface area contributed by atoms with Crippen molar-refractivity contribution in [2.75, 3.05) is 0 Å². The van der Waals surface area contributed by atoms with Crippen LogP contribution in [0.4, 0.5) is 4.39 Å². The number of hydrogen-bond donors (Lipinski definition) is 1. The molecule has 92 valence electrons. The third-order valence-electron chi connectivity index (χ3n) is 2.43. The lowest BCUT2D eigenvalue weighted by molar-refractivity contribution is 0.0697. The Labute approximate surface area is 113 Å². The quantitative estimate of drug-likeness (QED) is 0.882. The maximum atomic E-state index is 13.0. The van der Waals surface area contributed by atoms with Gasteiger partial charge in [-0.1, -0.05) is 23.2 Å². The number of hydrogen-bond acceptors (Lipinski definition) is 1. The largest absolute Gasteiger partial charge is 0.478 e. The summed E-state index contributed by atoms with van der Waals surface area (Å²) in [5, 5.41) is 9.46. The van der Waals surface area contributed by atoms with E-state index in [4.69, 9.17) is 28.3 Å². The number of aromatic carboxylic acids is 1. The molecule has 0 saturated carbocycles. The molecule has 18 heavy (non-hydrogen) atoms. The highest BCUT2D eigenvalue weighted by atomic mass is 35.5. The van der Waals surface area contributed by atoms with Crippen LogP contribution in [0.2, 0.25) is 10.0 Å². The van der Waals surface area contributed by atoms with Crippen molar-refractivity contribution >= 4 is 29.2 Å². The van der Waals surface area contributed by atoms with Gasteiger partial charge in [0, 0.05) is 16.1 Å². The maximum Gasteiger partial charge on any atom is 0.335 e. The van der Waals surface area contributed by atoms with Gasteiger partial charge in [0.25, 0.3) is 0 Å². The van der Waals surface area contributed by atoms with Crippen LogP contribution in [0.5, 0.6) is 0 Å². The van der Waals surface area contributed by atoms with E-state index in [0.29, 0.717) is 16.1 Å². The van der Waals surface area contributed by atoms with Crippen molar-refractivity contribution in [3.05, 3.63) is 57.8 Å². The summed E-state index contributed by atoms with van der Waals surface area (Å²) >= 11 is 11.9. The van der Waals surface area contributed by atoms with E-state index < -0.39 is 11.8 Å². The number of rotatable bonds is 2. The smallest absolute Gasteiger partial charge is 0.335 e. The Bertz CT molecular complexity index is 626. The van der Waals surface area contributed by atoms with Gasteiger partial charge in [0.1, 0.15) is 5.82 Å². The average Bonchev–Trinajstić information content (AvgIpc) is 2.30. The Morgan fingerprint density at radius 3 is 2.33 bits per heavy atom. The minimum Gasteiger partial charge on any atom is -0.478 e. The van der Waals surface area contributed by atoms with Gasteiger partial charge in [-0.3, -0.25) is 0 Å². The van der Waals surface area contributed by atoms with E-state index in [-0.39, 0.29) is 10.6 Å². The van der Waals surface area contributed by atoms with Gasteiger partial charge in [-0.2, -0.15) is 0 Å². The van der Waals surface area contributed by atoms with Gasteiger partial charge in [-0.25, -0.2) is 9.18 Å². The van der Waals surface area contributed by atoms with Gasteiger partial charge < -0.3 is 5.11 Å². The van der Waals surface area contributed by atoms with Gasteiger partial charge in [0.05, 0.1) is 10.6 Å². The van der Waals surface area contributed by atoms with Crippen LogP contribution in [0.3, 0.4) is 0 Å². The summed E-state index contributed by atoms with van der Waals surface area (Å²) in [6.07, 6.45) is 0. The number of carbonyl (C=O) groups is 1. The van der Waals surface area contributed by atoms with Crippen LogP contribution in [0.25, 0.3) is 11.1 Å². The first-order valence-corrected chi connectivity index (χ1v) is 5.73. The van der Waals surface area contributed by atoms with E-state index >= 15 is 0 Å². The minimum absolute atomic E-state index is 0.0924. The van der Waals surface area contributed by atoms with Crippen LogP contribution < -0.4 is 0 Å². The third kappa shape index (κ3) is 2.47. The van der Waals surface area contributed by atoms with Crippen LogP contribution in [-0.4, -0.2) is 11.1 Å². The first-order chi connectivity index (χ1) is 8.49. The molecule has 0 aliphatic heterocycles. The fourth-order valence-corrected chi connectivity index (χ4v) is 2.06. The fourth-order valence-electron chi connectivity index (χ4n) is 1.57. The van der Waals surface area contributed by atoms with Crippen LogP contribution in [0, 0.1) is 5.82 Å². The molecule has 0 aliphatic rings. The lowest BCUT2D eigenvalue weighted by Gasteiger charge is -2.08. The molecule has 0 bridgehead atoms. The van der Waals surface area contributed by atoms with Gasteiger partial charge in [0.2, 0.25) is 0 Å². The lowest BCUT2D eigenvalue weighted by Crippen LogP contribution is -1.96. The van der Waals surface area contributed by atoms with Crippen LogP contribution in [0.15, 0.2) is 36.4 Å². The van der Waals surface area contributed by atoms with Crippen molar-refractivity contribution in [2.24, 2.45) is 0 Å². The molecule has 2 nitrogen and oxygen atoms in total. The number of halogens is 3. The molecule has 0 atom stereocenters. The molecule has 0 aliphatic carbocycles. The molecule has 0 heterocycles. The standard InChI is InChI=1S/C13H7Cl2FO2/c14-11-4-1-7(13(17)18)5-10(11)9-3-2-8(16)6-12(9)15/h1-6H,(H,17,18). The van der Waals surface area contributed by atoms with Crippen molar-refractivity contribution in [3.63, 3.8) is 0 Å². The number of carboxylic acid groups (broad SMARTS) is 1. The minimum atomic E-state index is -1.06. The Morgan fingerprint density at radius 1 is 1.00 bits per heavy atom. The van der Waals surface area contributed by atoms with Crippen LogP contribution in [0.1, 0.15) is 10.4 Å². The van der Waals surface area contributed by atoms with E-state index in [1.54, 1.807) is 0 Å². The molecular weight excluding hydrogens is 278 g/mol. The summed E-state index contributed by atoms with van der Waals surface area (Å²) in [6, 6.07) is 8.13. The molecule has 1 N–H and O–H groups in total. The van der Waals surface area contributed by atoms with Crippen molar-refractivity contribution in [3.8, 4) is 11.1 Å². The first-order valence-electron chi connectivity index (χ1n) is 4.97. The molecule has 0 radical (unpaired) electrons. The molecule has 2 aromatic rings. The van der Waals surface area contributed by atoms with Gasteiger partial charge in [-0.05, 0) is 36.4 Å². The second-order valence-electron chi connectivity index (χ2n) is 3.62. The Balaban J connectivity index is 2.62. The lowest BCUT2D eigenvalue weighted by atomic mass is 10.0. The predicted octanol–water partition coefficient (Wildman–Crippen LogP) is 4.50. The third-order valence-corrected chi connectivity index (χ3v) is 3.08. The summed E-state index contributed by atoms with van der Waals surface area (Å²) in [6.45, 7) is 0. The fraction of sp³-hybridized carbons (Fsp3) is 0. The van der Waals surface area contributed by atoms with E-state index in [1.165, 1.54) is 30.3 Å². The summed E-state index contributed by atoms with van der Waals surface area (Å²) in [5.41, 5.74) is 1.04. The Morgan fingerprint density at radius 2 is 1.72 bits per heavy atom. The zero-order chi connectivity index (χ0) is 13.3. The molecule has 2 rings (SSSR count). The van der Waals surface area contributed by atoms with Crippen molar-refractivity contribution < 1.29 is 14.3 Å². The molecule has 0 amide bonds. The second-order valence-corrected chi connectivity index (χ2v) is 4.44. The van der Waals surface area contributed by atoms with E-state index in [2.05, 4.69) is 0 Å². The monoisotopic (exact) mass is 284 g/mol. The van der Waals surface area contributed by atoms with Crippen LogP contribution in [-0.2, 0) is 0 Å². The van der Waals surface area contributed by atoms with Crippen molar-refractivity contribution in [2.45, 2.75) is 0 Å². The number of benzene rings is 2. The molecule has 0 unspecified atom stereocenters. The molecule has 2 aromatic carbocycles. The normalized spacial score (nSPS) is 10.4. The molecule has 0 spiro atoms.